The van der Waals surface area contributed by atoms with Crippen molar-refractivity contribution in [3.8, 4) is 0 Å². The molecule has 0 amide bonds. The molecule has 0 spiro atoms. The number of hydrogen-bond acceptors (Lipinski definition) is 3. The minimum Gasteiger partial charge on any atom is -0.308 e. The Labute approximate surface area is 121 Å². The van der Waals surface area contributed by atoms with E-state index >= 15 is 0 Å². The molecule has 1 atom stereocenters. The molecule has 1 N–H and O–H groups in total. The van der Waals surface area contributed by atoms with Crippen molar-refractivity contribution in [2.45, 2.75) is 50.4 Å². The first-order valence-corrected chi connectivity index (χ1v) is 8.92. The van der Waals surface area contributed by atoms with Crippen molar-refractivity contribution >= 4 is 15.7 Å². The summed E-state index contributed by atoms with van der Waals surface area (Å²) in [5.74, 6) is 0. The van der Waals surface area contributed by atoms with Crippen molar-refractivity contribution in [2.75, 3.05) is 10.8 Å². The molecule has 1 aliphatic carbocycles. The third-order valence-electron chi connectivity index (χ3n) is 4.37. The van der Waals surface area contributed by atoms with Crippen LogP contribution in [0.2, 0.25) is 0 Å². The Hall–Kier alpha value is -1.07. The van der Waals surface area contributed by atoms with Crippen molar-refractivity contribution in [2.24, 2.45) is 0 Å². The van der Waals surface area contributed by atoms with Gasteiger partial charge in [0.25, 0.3) is 0 Å². The van der Waals surface area contributed by atoms with Gasteiger partial charge in [0.1, 0.15) is 0 Å². The monoisotopic (exact) mass is 294 g/mol. The summed E-state index contributed by atoms with van der Waals surface area (Å²) in [6.45, 7) is 3.30. The zero-order valence-corrected chi connectivity index (χ0v) is 12.7. The molecule has 0 bridgehead atoms. The van der Waals surface area contributed by atoms with E-state index in [1.165, 1.54) is 0 Å². The summed E-state index contributed by atoms with van der Waals surface area (Å²) >= 11 is 0. The highest BCUT2D eigenvalue weighted by Crippen LogP contribution is 2.32. The molecule has 2 aliphatic rings. The first kappa shape index (κ1) is 13.9. The summed E-state index contributed by atoms with van der Waals surface area (Å²) < 4.78 is 27.5. The van der Waals surface area contributed by atoms with Crippen LogP contribution in [-0.4, -0.2) is 26.3 Å². The molecule has 1 aromatic rings. The third kappa shape index (κ3) is 2.44. The van der Waals surface area contributed by atoms with Crippen LogP contribution in [0, 0.1) is 0 Å². The first-order valence-electron chi connectivity index (χ1n) is 7.42. The molecule has 20 heavy (non-hydrogen) atoms. The summed E-state index contributed by atoms with van der Waals surface area (Å²) in [5, 5.41) is 3.19. The quantitative estimate of drug-likeness (QED) is 0.910. The van der Waals surface area contributed by atoms with E-state index in [-0.39, 0.29) is 11.3 Å². The molecule has 1 aromatic carbocycles. The molecule has 1 aliphatic heterocycles. The minimum absolute atomic E-state index is 0.165. The Morgan fingerprint density at radius 3 is 2.65 bits per heavy atom. The average molecular weight is 294 g/mol. The summed E-state index contributed by atoms with van der Waals surface area (Å²) in [6.07, 6.45) is 3.69. The van der Waals surface area contributed by atoms with Crippen molar-refractivity contribution in [3.63, 3.8) is 0 Å². The van der Waals surface area contributed by atoms with Crippen LogP contribution in [0.5, 0.6) is 0 Å². The third-order valence-corrected chi connectivity index (χ3v) is 6.65. The van der Waals surface area contributed by atoms with Gasteiger partial charge in [-0.15, -0.1) is 0 Å². The maximum absolute atomic E-state index is 12.9. The maximum Gasteiger partial charge on any atom is 0.238 e. The molecule has 3 rings (SSSR count). The van der Waals surface area contributed by atoms with Gasteiger partial charge in [-0.25, -0.2) is 8.42 Å². The van der Waals surface area contributed by atoms with Crippen molar-refractivity contribution in [1.29, 1.82) is 0 Å². The van der Waals surface area contributed by atoms with Crippen LogP contribution in [0.15, 0.2) is 24.3 Å². The van der Waals surface area contributed by atoms with Crippen LogP contribution in [0.1, 0.15) is 38.2 Å². The standard InChI is InChI=1S/C15H22N2O2S/c1-12-11-17(20(18,19)14-7-3-4-8-14)15-9-5-2-6-13(15)10-16-12/h2,5-6,9,12,14,16H,3-4,7-8,10-11H2,1H3. The van der Waals surface area contributed by atoms with Crippen LogP contribution in [0.3, 0.4) is 0 Å². The van der Waals surface area contributed by atoms with Gasteiger partial charge in [0, 0.05) is 19.1 Å². The number of anilines is 1. The molecule has 0 saturated heterocycles. The summed E-state index contributed by atoms with van der Waals surface area (Å²) in [4.78, 5) is 0. The lowest BCUT2D eigenvalue weighted by atomic mass is 10.2. The average Bonchev–Trinajstić information content (AvgIpc) is 2.92. The molecule has 1 saturated carbocycles. The Kier molecular flexibility index (Phi) is 3.73. The molecule has 1 fully saturated rings. The number of hydrogen-bond donors (Lipinski definition) is 1. The molecular weight excluding hydrogens is 272 g/mol. The largest absolute Gasteiger partial charge is 0.308 e. The zero-order chi connectivity index (χ0) is 14.2. The van der Waals surface area contributed by atoms with Gasteiger partial charge in [-0.05, 0) is 31.4 Å². The number of sulfonamides is 1. The highest BCUT2D eigenvalue weighted by atomic mass is 32.2. The fourth-order valence-corrected chi connectivity index (χ4v) is 5.38. The van der Waals surface area contributed by atoms with Gasteiger partial charge in [-0.1, -0.05) is 31.0 Å². The fraction of sp³-hybridized carbons (Fsp3) is 0.600. The number of fused-ring (bicyclic) bond motifs is 1. The molecule has 5 heteroatoms. The van der Waals surface area contributed by atoms with Gasteiger partial charge in [0.05, 0.1) is 10.9 Å². The zero-order valence-electron chi connectivity index (χ0n) is 11.9. The predicted octanol–water partition coefficient (Wildman–Crippen LogP) is 2.26. The van der Waals surface area contributed by atoms with Gasteiger partial charge in [0.15, 0.2) is 0 Å². The normalized spacial score (nSPS) is 24.4. The van der Waals surface area contributed by atoms with Gasteiger partial charge < -0.3 is 5.32 Å². The van der Waals surface area contributed by atoms with Crippen LogP contribution in [0.25, 0.3) is 0 Å². The second-order valence-electron chi connectivity index (χ2n) is 5.89. The molecule has 1 heterocycles. The Balaban J connectivity index is 2.02. The Morgan fingerprint density at radius 2 is 1.90 bits per heavy atom. The second-order valence-corrected chi connectivity index (χ2v) is 8.03. The van der Waals surface area contributed by atoms with E-state index < -0.39 is 10.0 Å². The lowest BCUT2D eigenvalue weighted by Gasteiger charge is -2.28. The van der Waals surface area contributed by atoms with Crippen molar-refractivity contribution < 1.29 is 8.42 Å². The van der Waals surface area contributed by atoms with E-state index in [4.69, 9.17) is 0 Å². The number of nitrogens with zero attached hydrogens (tertiary/aromatic N) is 1. The number of nitrogens with one attached hydrogen (secondary N) is 1. The second kappa shape index (κ2) is 5.37. The van der Waals surface area contributed by atoms with Crippen molar-refractivity contribution in [3.05, 3.63) is 29.8 Å². The predicted molar refractivity (Wildman–Crippen MR) is 81.3 cm³/mol. The number of benzene rings is 1. The van der Waals surface area contributed by atoms with Crippen LogP contribution >= 0.6 is 0 Å². The van der Waals surface area contributed by atoms with Gasteiger partial charge in [-0.3, -0.25) is 4.31 Å². The molecule has 0 aromatic heterocycles. The highest BCUT2D eigenvalue weighted by Gasteiger charge is 2.36. The fourth-order valence-electron chi connectivity index (χ4n) is 3.21. The van der Waals surface area contributed by atoms with Crippen LogP contribution in [0.4, 0.5) is 5.69 Å². The van der Waals surface area contributed by atoms with E-state index in [1.807, 2.05) is 31.2 Å². The molecule has 110 valence electrons. The van der Waals surface area contributed by atoms with Gasteiger partial charge >= 0.3 is 0 Å². The van der Waals surface area contributed by atoms with Crippen molar-refractivity contribution in [1.82, 2.24) is 5.32 Å². The lowest BCUT2D eigenvalue weighted by Crippen LogP contribution is -2.43. The lowest BCUT2D eigenvalue weighted by molar-refractivity contribution is 0.548. The maximum atomic E-state index is 12.9. The summed E-state index contributed by atoms with van der Waals surface area (Å²) in [7, 11) is -3.24. The molecular formula is C15H22N2O2S. The van der Waals surface area contributed by atoms with Gasteiger partial charge in [0.2, 0.25) is 10.0 Å². The summed E-state index contributed by atoms with van der Waals surface area (Å²) in [5.41, 5.74) is 1.93. The van der Waals surface area contributed by atoms with E-state index in [9.17, 15) is 8.42 Å². The first-order chi connectivity index (χ1) is 9.59. The molecule has 0 radical (unpaired) electrons. The minimum atomic E-state index is -3.24. The van der Waals surface area contributed by atoms with Crippen LogP contribution in [-0.2, 0) is 16.6 Å². The summed E-state index contributed by atoms with van der Waals surface area (Å²) in [6, 6.07) is 8.00. The molecule has 4 nitrogen and oxygen atoms in total. The van der Waals surface area contributed by atoms with Crippen LogP contribution < -0.4 is 9.62 Å². The van der Waals surface area contributed by atoms with E-state index in [0.717, 1.165) is 43.5 Å². The van der Waals surface area contributed by atoms with Gasteiger partial charge in [-0.2, -0.15) is 0 Å². The number of para-hydroxylation sites is 1. The highest BCUT2D eigenvalue weighted by molar-refractivity contribution is 7.93. The SMILES string of the molecule is CC1CN(S(=O)(=O)C2CCCC2)c2ccccc2CN1. The van der Waals surface area contributed by atoms with E-state index in [0.29, 0.717) is 6.54 Å². The Morgan fingerprint density at radius 1 is 1.20 bits per heavy atom. The van der Waals surface area contributed by atoms with E-state index in [1.54, 1.807) is 4.31 Å². The Bertz CT molecular complexity index is 579. The number of rotatable bonds is 2. The smallest absolute Gasteiger partial charge is 0.238 e. The van der Waals surface area contributed by atoms with E-state index in [2.05, 4.69) is 5.32 Å². The molecule has 1 unspecified atom stereocenters. The topological polar surface area (TPSA) is 49.4 Å².